The van der Waals surface area contributed by atoms with Crippen LogP contribution in [-0.2, 0) is 6.54 Å². The first-order valence-electron chi connectivity index (χ1n) is 5.04. The number of halogens is 3. The molecule has 0 saturated heterocycles. The monoisotopic (exact) mass is 288 g/mol. The second kappa shape index (κ2) is 5.23. The molecule has 2 rings (SSSR count). The number of nitrogens with one attached hydrogen (secondary N) is 1. The van der Waals surface area contributed by atoms with Crippen LogP contribution >= 0.6 is 11.6 Å². The molecule has 2 N–H and O–H groups in total. The molecule has 0 spiro atoms. The molecule has 0 aliphatic carbocycles. The van der Waals surface area contributed by atoms with Gasteiger partial charge in [0.05, 0.1) is 17.3 Å². The molecule has 1 aromatic heterocycles. The SMILES string of the molecule is O=C(O)c1cc(CNc2c(F)cc(F)cc2Cl)on1. The fraction of sp³-hybridized carbons (Fsp3) is 0.0909. The van der Waals surface area contributed by atoms with E-state index in [1.54, 1.807) is 0 Å². The van der Waals surface area contributed by atoms with Crippen LogP contribution in [0.2, 0.25) is 5.02 Å². The Morgan fingerprint density at radius 1 is 1.42 bits per heavy atom. The van der Waals surface area contributed by atoms with Crippen molar-refractivity contribution in [1.29, 1.82) is 0 Å². The van der Waals surface area contributed by atoms with E-state index in [9.17, 15) is 13.6 Å². The predicted molar refractivity (Wildman–Crippen MR) is 62.2 cm³/mol. The van der Waals surface area contributed by atoms with Gasteiger partial charge in [-0.05, 0) is 6.07 Å². The molecule has 0 atom stereocenters. The predicted octanol–water partition coefficient (Wildman–Crippen LogP) is 2.92. The van der Waals surface area contributed by atoms with E-state index in [0.717, 1.165) is 6.07 Å². The molecule has 0 aliphatic rings. The third-order valence-electron chi connectivity index (χ3n) is 2.22. The van der Waals surface area contributed by atoms with E-state index in [0.29, 0.717) is 6.07 Å². The van der Waals surface area contributed by atoms with Crippen LogP contribution in [0.25, 0.3) is 0 Å². The molecule has 19 heavy (non-hydrogen) atoms. The first-order chi connectivity index (χ1) is 8.97. The fourth-order valence-electron chi connectivity index (χ4n) is 1.38. The molecule has 5 nitrogen and oxygen atoms in total. The van der Waals surface area contributed by atoms with Crippen LogP contribution in [0.3, 0.4) is 0 Å². The van der Waals surface area contributed by atoms with Crippen LogP contribution in [0.4, 0.5) is 14.5 Å². The Morgan fingerprint density at radius 3 is 2.74 bits per heavy atom. The normalized spacial score (nSPS) is 10.5. The number of rotatable bonds is 4. The minimum Gasteiger partial charge on any atom is -0.476 e. The molecule has 2 aromatic rings. The van der Waals surface area contributed by atoms with Crippen LogP contribution in [-0.4, -0.2) is 16.2 Å². The maximum atomic E-state index is 13.4. The summed E-state index contributed by atoms with van der Waals surface area (Å²) >= 11 is 5.67. The van der Waals surface area contributed by atoms with Crippen molar-refractivity contribution < 1.29 is 23.2 Å². The van der Waals surface area contributed by atoms with Crippen molar-refractivity contribution >= 4 is 23.3 Å². The van der Waals surface area contributed by atoms with Gasteiger partial charge in [-0.3, -0.25) is 0 Å². The molecular weight excluding hydrogens is 282 g/mol. The summed E-state index contributed by atoms with van der Waals surface area (Å²) < 4.78 is 31.0. The molecule has 0 amide bonds. The number of hydrogen-bond donors (Lipinski definition) is 2. The highest BCUT2D eigenvalue weighted by Crippen LogP contribution is 2.26. The smallest absolute Gasteiger partial charge is 0.358 e. The van der Waals surface area contributed by atoms with Gasteiger partial charge >= 0.3 is 5.97 Å². The number of nitrogens with zero attached hydrogens (tertiary/aromatic N) is 1. The standard InChI is InChI=1S/C11H7ClF2N2O3/c12-7-1-5(13)2-8(14)10(7)15-4-6-3-9(11(17)18)16-19-6/h1-3,15H,4H2,(H,17,18). The summed E-state index contributed by atoms with van der Waals surface area (Å²) in [6.45, 7) is -0.0391. The van der Waals surface area contributed by atoms with Gasteiger partial charge in [-0.2, -0.15) is 0 Å². The largest absolute Gasteiger partial charge is 0.476 e. The molecule has 8 heteroatoms. The van der Waals surface area contributed by atoms with E-state index in [1.807, 2.05) is 0 Å². The van der Waals surface area contributed by atoms with Crippen molar-refractivity contribution in [3.8, 4) is 0 Å². The van der Waals surface area contributed by atoms with Crippen molar-refractivity contribution in [2.24, 2.45) is 0 Å². The summed E-state index contributed by atoms with van der Waals surface area (Å²) in [4.78, 5) is 10.6. The molecule has 1 aromatic carbocycles. The first kappa shape index (κ1) is 13.3. The highest BCUT2D eigenvalue weighted by molar-refractivity contribution is 6.33. The summed E-state index contributed by atoms with van der Waals surface area (Å²) in [5.74, 6) is -2.71. The lowest BCUT2D eigenvalue weighted by Crippen LogP contribution is -2.02. The second-order valence-corrected chi connectivity index (χ2v) is 3.99. The molecular formula is C11H7ClF2N2O3. The second-order valence-electron chi connectivity index (χ2n) is 3.58. The van der Waals surface area contributed by atoms with Crippen molar-refractivity contribution in [3.05, 3.63) is 46.3 Å². The van der Waals surface area contributed by atoms with Crippen molar-refractivity contribution in [2.75, 3.05) is 5.32 Å². The molecule has 0 radical (unpaired) electrons. The van der Waals surface area contributed by atoms with Gasteiger partial charge in [0.1, 0.15) is 5.82 Å². The van der Waals surface area contributed by atoms with E-state index in [1.165, 1.54) is 6.07 Å². The molecule has 0 unspecified atom stereocenters. The van der Waals surface area contributed by atoms with Gasteiger partial charge in [-0.1, -0.05) is 16.8 Å². The van der Waals surface area contributed by atoms with Gasteiger partial charge in [0.2, 0.25) is 0 Å². The van der Waals surface area contributed by atoms with Crippen LogP contribution in [0.15, 0.2) is 22.7 Å². The third-order valence-corrected chi connectivity index (χ3v) is 2.52. The van der Waals surface area contributed by atoms with E-state index < -0.39 is 17.6 Å². The number of carboxylic acid groups (broad SMARTS) is 1. The number of carbonyl (C=O) groups is 1. The lowest BCUT2D eigenvalue weighted by molar-refractivity contribution is 0.0685. The van der Waals surface area contributed by atoms with Gasteiger partial charge in [-0.25, -0.2) is 13.6 Å². The van der Waals surface area contributed by atoms with Crippen LogP contribution in [0.1, 0.15) is 16.2 Å². The van der Waals surface area contributed by atoms with Crippen LogP contribution in [0, 0.1) is 11.6 Å². The lowest BCUT2D eigenvalue weighted by atomic mass is 10.3. The topological polar surface area (TPSA) is 75.4 Å². The first-order valence-corrected chi connectivity index (χ1v) is 5.42. The Morgan fingerprint density at radius 2 is 2.16 bits per heavy atom. The summed E-state index contributed by atoms with van der Waals surface area (Å²) in [6.07, 6.45) is 0. The number of anilines is 1. The molecule has 0 aliphatic heterocycles. The molecule has 0 bridgehead atoms. The van der Waals surface area contributed by atoms with Gasteiger partial charge in [0.25, 0.3) is 0 Å². The van der Waals surface area contributed by atoms with Crippen molar-refractivity contribution in [2.45, 2.75) is 6.54 Å². The number of aromatic nitrogens is 1. The average Bonchev–Trinajstić information content (AvgIpc) is 2.76. The van der Waals surface area contributed by atoms with Crippen molar-refractivity contribution in [1.82, 2.24) is 5.16 Å². The number of benzene rings is 1. The van der Waals surface area contributed by atoms with Gasteiger partial charge < -0.3 is 14.9 Å². The Labute approximate surface area is 110 Å². The summed E-state index contributed by atoms with van der Waals surface area (Å²) in [5.41, 5.74) is -0.362. The maximum absolute atomic E-state index is 13.4. The minimum absolute atomic E-state index is 0.0391. The Kier molecular flexibility index (Phi) is 3.66. The quantitative estimate of drug-likeness (QED) is 0.905. The summed E-state index contributed by atoms with van der Waals surface area (Å²) in [6, 6.07) is 2.82. The summed E-state index contributed by atoms with van der Waals surface area (Å²) in [5, 5.41) is 14.4. The molecule has 0 saturated carbocycles. The lowest BCUT2D eigenvalue weighted by Gasteiger charge is -2.07. The minimum atomic E-state index is -1.24. The highest BCUT2D eigenvalue weighted by atomic mass is 35.5. The van der Waals surface area contributed by atoms with Crippen LogP contribution < -0.4 is 5.32 Å². The zero-order valence-corrected chi connectivity index (χ0v) is 10.0. The van der Waals surface area contributed by atoms with E-state index in [2.05, 4.69) is 10.5 Å². The number of hydrogen-bond acceptors (Lipinski definition) is 4. The van der Waals surface area contributed by atoms with Crippen molar-refractivity contribution in [3.63, 3.8) is 0 Å². The van der Waals surface area contributed by atoms with Crippen LogP contribution in [0.5, 0.6) is 0 Å². The van der Waals surface area contributed by atoms with Gasteiger partial charge in [-0.15, -0.1) is 0 Å². The maximum Gasteiger partial charge on any atom is 0.358 e. The Bertz CT molecular complexity index is 607. The zero-order chi connectivity index (χ0) is 14.0. The van der Waals surface area contributed by atoms with Gasteiger partial charge in [0, 0.05) is 12.1 Å². The molecule has 100 valence electrons. The Balaban J connectivity index is 2.12. The van der Waals surface area contributed by atoms with E-state index in [-0.39, 0.29) is 28.7 Å². The third kappa shape index (κ3) is 3.00. The average molecular weight is 289 g/mol. The summed E-state index contributed by atoms with van der Waals surface area (Å²) in [7, 11) is 0. The zero-order valence-electron chi connectivity index (χ0n) is 9.28. The highest BCUT2D eigenvalue weighted by Gasteiger charge is 2.13. The Hall–Kier alpha value is -2.15. The van der Waals surface area contributed by atoms with Gasteiger partial charge in [0.15, 0.2) is 17.3 Å². The number of carboxylic acids is 1. The van der Waals surface area contributed by atoms with E-state index >= 15 is 0 Å². The molecule has 1 heterocycles. The molecule has 0 fully saturated rings. The number of aromatic carboxylic acids is 1. The van der Waals surface area contributed by atoms with E-state index in [4.69, 9.17) is 21.2 Å². The fourth-order valence-corrected chi connectivity index (χ4v) is 1.64.